The van der Waals surface area contributed by atoms with Gasteiger partial charge in [-0.2, -0.15) is 5.26 Å². The van der Waals surface area contributed by atoms with Gasteiger partial charge in [-0.3, -0.25) is 0 Å². The summed E-state index contributed by atoms with van der Waals surface area (Å²) in [6, 6.07) is 8.26. The molecular weight excluding hydrogens is 248 g/mol. The molecule has 0 spiro atoms. The van der Waals surface area contributed by atoms with Crippen molar-refractivity contribution >= 4 is 22.7 Å². The number of thiophene rings is 2. The molecule has 2 heterocycles. The van der Waals surface area contributed by atoms with Gasteiger partial charge in [-0.25, -0.2) is 0 Å². The van der Waals surface area contributed by atoms with Crippen LogP contribution in [0.3, 0.4) is 0 Å². The first-order chi connectivity index (χ1) is 8.33. The minimum absolute atomic E-state index is 0.784. The van der Waals surface area contributed by atoms with E-state index in [4.69, 9.17) is 5.26 Å². The Balaban J connectivity index is 1.85. The van der Waals surface area contributed by atoms with Crippen molar-refractivity contribution in [1.82, 2.24) is 5.32 Å². The lowest BCUT2D eigenvalue weighted by molar-refractivity contribution is 0.704. The van der Waals surface area contributed by atoms with Crippen LogP contribution in [0.5, 0.6) is 0 Å². The van der Waals surface area contributed by atoms with Crippen molar-refractivity contribution in [2.24, 2.45) is 0 Å². The van der Waals surface area contributed by atoms with Crippen molar-refractivity contribution in [3.63, 3.8) is 0 Å². The third-order valence-corrected chi connectivity index (χ3v) is 4.53. The number of rotatable bonds is 5. The van der Waals surface area contributed by atoms with Crippen molar-refractivity contribution in [1.29, 1.82) is 5.26 Å². The van der Waals surface area contributed by atoms with Crippen LogP contribution in [0.25, 0.3) is 0 Å². The summed E-state index contributed by atoms with van der Waals surface area (Å²) in [7, 11) is 0. The van der Waals surface area contributed by atoms with E-state index in [9.17, 15) is 0 Å². The molecule has 0 aliphatic carbocycles. The fourth-order valence-corrected chi connectivity index (χ4v) is 3.39. The summed E-state index contributed by atoms with van der Waals surface area (Å²) in [6.45, 7) is 3.94. The first kappa shape index (κ1) is 12.3. The molecule has 0 atom stereocenters. The average molecular weight is 262 g/mol. The SMILES string of the molecule is CCc1ccsc1CNCc1ccc(C#N)s1. The van der Waals surface area contributed by atoms with Crippen LogP contribution in [-0.2, 0) is 19.5 Å². The van der Waals surface area contributed by atoms with Gasteiger partial charge < -0.3 is 5.32 Å². The number of nitrogens with zero attached hydrogens (tertiary/aromatic N) is 1. The Bertz CT molecular complexity index is 520. The van der Waals surface area contributed by atoms with E-state index in [1.165, 1.54) is 15.3 Å². The van der Waals surface area contributed by atoms with Crippen molar-refractivity contribution in [3.05, 3.63) is 43.8 Å². The summed E-state index contributed by atoms with van der Waals surface area (Å²) in [6.07, 6.45) is 1.10. The molecule has 2 nitrogen and oxygen atoms in total. The van der Waals surface area contributed by atoms with Gasteiger partial charge in [0.1, 0.15) is 10.9 Å². The molecule has 0 radical (unpaired) electrons. The van der Waals surface area contributed by atoms with Crippen LogP contribution in [0.15, 0.2) is 23.6 Å². The zero-order valence-electron chi connectivity index (χ0n) is 9.69. The predicted octanol–water partition coefficient (Wildman–Crippen LogP) is 3.53. The zero-order valence-corrected chi connectivity index (χ0v) is 11.3. The summed E-state index contributed by atoms with van der Waals surface area (Å²) in [5, 5.41) is 14.3. The highest BCUT2D eigenvalue weighted by Gasteiger charge is 2.03. The Morgan fingerprint density at radius 1 is 1.29 bits per heavy atom. The zero-order chi connectivity index (χ0) is 12.1. The predicted molar refractivity (Wildman–Crippen MR) is 73.3 cm³/mol. The topological polar surface area (TPSA) is 35.8 Å². The standard InChI is InChI=1S/C13H14N2S2/c1-2-10-5-6-16-13(10)9-15-8-12-4-3-11(7-14)17-12/h3-6,15H,2,8-9H2,1H3. The molecule has 0 unspecified atom stereocenters. The third-order valence-electron chi connectivity index (χ3n) is 2.58. The molecular formula is C13H14N2S2. The number of nitrogens with one attached hydrogen (secondary N) is 1. The van der Waals surface area contributed by atoms with Crippen LogP contribution in [0, 0.1) is 11.3 Å². The molecule has 2 rings (SSSR count). The summed E-state index contributed by atoms with van der Waals surface area (Å²) in [4.78, 5) is 3.42. The number of nitriles is 1. The molecule has 17 heavy (non-hydrogen) atoms. The largest absolute Gasteiger partial charge is 0.307 e. The van der Waals surface area contributed by atoms with Crippen LogP contribution in [0.1, 0.15) is 27.1 Å². The maximum absolute atomic E-state index is 8.74. The summed E-state index contributed by atoms with van der Waals surface area (Å²) >= 11 is 3.37. The van der Waals surface area contributed by atoms with Gasteiger partial charge in [0, 0.05) is 22.8 Å². The third kappa shape index (κ3) is 3.16. The van der Waals surface area contributed by atoms with Gasteiger partial charge in [-0.1, -0.05) is 6.92 Å². The van der Waals surface area contributed by atoms with E-state index in [0.29, 0.717) is 0 Å². The monoisotopic (exact) mass is 262 g/mol. The minimum atomic E-state index is 0.784. The van der Waals surface area contributed by atoms with Crippen molar-refractivity contribution < 1.29 is 0 Å². The first-order valence-corrected chi connectivity index (χ1v) is 7.28. The summed E-state index contributed by atoms with van der Waals surface area (Å²) in [5.74, 6) is 0. The second kappa shape index (κ2) is 5.97. The fourth-order valence-electron chi connectivity index (χ4n) is 1.67. The highest BCUT2D eigenvalue weighted by atomic mass is 32.1. The van der Waals surface area contributed by atoms with Crippen LogP contribution in [0.2, 0.25) is 0 Å². The van der Waals surface area contributed by atoms with Crippen LogP contribution >= 0.6 is 22.7 Å². The van der Waals surface area contributed by atoms with Gasteiger partial charge >= 0.3 is 0 Å². The van der Waals surface area contributed by atoms with E-state index in [1.54, 1.807) is 11.3 Å². The second-order valence-electron chi connectivity index (χ2n) is 3.70. The normalized spacial score (nSPS) is 10.4. The minimum Gasteiger partial charge on any atom is -0.307 e. The Kier molecular flexibility index (Phi) is 4.32. The van der Waals surface area contributed by atoms with Gasteiger partial charge in [0.25, 0.3) is 0 Å². The summed E-state index contributed by atoms with van der Waals surface area (Å²) < 4.78 is 0. The number of hydrogen-bond acceptors (Lipinski definition) is 4. The van der Waals surface area contributed by atoms with Crippen molar-refractivity contribution in [2.75, 3.05) is 0 Å². The Morgan fingerprint density at radius 2 is 2.18 bits per heavy atom. The second-order valence-corrected chi connectivity index (χ2v) is 5.87. The maximum atomic E-state index is 8.74. The number of hydrogen-bond donors (Lipinski definition) is 1. The van der Waals surface area contributed by atoms with E-state index in [1.807, 2.05) is 23.5 Å². The lowest BCUT2D eigenvalue weighted by atomic mass is 10.2. The highest BCUT2D eigenvalue weighted by molar-refractivity contribution is 7.12. The molecule has 0 aromatic carbocycles. The van der Waals surface area contributed by atoms with Crippen LogP contribution < -0.4 is 5.32 Å². The first-order valence-electron chi connectivity index (χ1n) is 5.58. The fraction of sp³-hybridized carbons (Fsp3) is 0.308. The molecule has 0 fully saturated rings. The Morgan fingerprint density at radius 3 is 2.88 bits per heavy atom. The lowest BCUT2D eigenvalue weighted by Crippen LogP contribution is -2.11. The Labute approximate surface area is 110 Å². The van der Waals surface area contributed by atoms with Gasteiger partial charge in [0.15, 0.2) is 0 Å². The molecule has 0 aliphatic rings. The average Bonchev–Trinajstić information content (AvgIpc) is 2.97. The summed E-state index contributed by atoms with van der Waals surface area (Å²) in [5.41, 5.74) is 1.44. The molecule has 0 saturated heterocycles. The van der Waals surface area contributed by atoms with Crippen LogP contribution in [-0.4, -0.2) is 0 Å². The molecule has 0 bridgehead atoms. The smallest absolute Gasteiger partial charge is 0.110 e. The molecule has 2 aromatic heterocycles. The van der Waals surface area contributed by atoms with Gasteiger partial charge in [-0.15, -0.1) is 22.7 Å². The highest BCUT2D eigenvalue weighted by Crippen LogP contribution is 2.18. The van der Waals surface area contributed by atoms with Crippen molar-refractivity contribution in [2.45, 2.75) is 26.4 Å². The van der Waals surface area contributed by atoms with E-state index in [0.717, 1.165) is 24.4 Å². The van der Waals surface area contributed by atoms with Gasteiger partial charge in [0.05, 0.1) is 0 Å². The Hall–Kier alpha value is -1.15. The van der Waals surface area contributed by atoms with E-state index in [2.05, 4.69) is 29.8 Å². The molecule has 0 amide bonds. The van der Waals surface area contributed by atoms with Crippen LogP contribution in [0.4, 0.5) is 0 Å². The van der Waals surface area contributed by atoms with E-state index < -0.39 is 0 Å². The van der Waals surface area contributed by atoms with Gasteiger partial charge in [-0.05, 0) is 35.6 Å². The van der Waals surface area contributed by atoms with Crippen molar-refractivity contribution in [3.8, 4) is 6.07 Å². The lowest BCUT2D eigenvalue weighted by Gasteiger charge is -2.03. The molecule has 1 N–H and O–H groups in total. The van der Waals surface area contributed by atoms with E-state index >= 15 is 0 Å². The molecule has 2 aromatic rings. The molecule has 88 valence electrons. The quantitative estimate of drug-likeness (QED) is 0.894. The number of aryl methyl sites for hydroxylation is 1. The van der Waals surface area contributed by atoms with Gasteiger partial charge in [0.2, 0.25) is 0 Å². The molecule has 0 saturated carbocycles. The molecule has 0 aliphatic heterocycles. The van der Waals surface area contributed by atoms with E-state index in [-0.39, 0.29) is 0 Å². The molecule has 4 heteroatoms. The maximum Gasteiger partial charge on any atom is 0.110 e.